The Hall–Kier alpha value is -3.26. The van der Waals surface area contributed by atoms with Gasteiger partial charge in [0.2, 0.25) is 5.91 Å². The second kappa shape index (κ2) is 10.7. The van der Waals surface area contributed by atoms with Crippen LogP contribution in [0.15, 0.2) is 73.3 Å². The number of rotatable bonds is 9. The molecule has 0 bridgehead atoms. The second-order valence-electron chi connectivity index (χ2n) is 7.02. The van der Waals surface area contributed by atoms with Crippen LogP contribution in [0.3, 0.4) is 0 Å². The number of amides is 1. The van der Waals surface area contributed by atoms with Crippen LogP contribution < -0.4 is 10.6 Å². The van der Waals surface area contributed by atoms with E-state index in [-0.39, 0.29) is 11.5 Å². The highest BCUT2D eigenvalue weighted by atomic mass is 19.4. The lowest BCUT2D eigenvalue weighted by Crippen LogP contribution is -2.39. The third-order valence-electron chi connectivity index (χ3n) is 4.73. The normalized spacial score (nSPS) is 12.4. The SMILES string of the molecule is O=C(NCCc1cccnc1)C(NCCc1cccnc1)c1cccc(C(F)(F)F)c1. The predicted molar refractivity (Wildman–Crippen MR) is 111 cm³/mol. The van der Waals surface area contributed by atoms with Crippen molar-refractivity contribution in [1.29, 1.82) is 0 Å². The first-order valence-corrected chi connectivity index (χ1v) is 9.89. The molecule has 1 aromatic carbocycles. The van der Waals surface area contributed by atoms with Crippen molar-refractivity contribution < 1.29 is 18.0 Å². The zero-order valence-electron chi connectivity index (χ0n) is 16.8. The fourth-order valence-electron chi connectivity index (χ4n) is 3.14. The molecule has 0 fully saturated rings. The zero-order chi connectivity index (χ0) is 22.1. The van der Waals surface area contributed by atoms with Gasteiger partial charge in [-0.3, -0.25) is 14.8 Å². The summed E-state index contributed by atoms with van der Waals surface area (Å²) in [5.74, 6) is -0.380. The van der Waals surface area contributed by atoms with Crippen molar-refractivity contribution in [1.82, 2.24) is 20.6 Å². The van der Waals surface area contributed by atoms with E-state index < -0.39 is 17.8 Å². The minimum absolute atomic E-state index is 0.264. The zero-order valence-corrected chi connectivity index (χ0v) is 16.8. The van der Waals surface area contributed by atoms with Gasteiger partial charge in [-0.05, 0) is 53.8 Å². The highest BCUT2D eigenvalue weighted by molar-refractivity contribution is 5.83. The van der Waals surface area contributed by atoms with Gasteiger partial charge in [0.15, 0.2) is 0 Å². The lowest BCUT2D eigenvalue weighted by molar-refractivity contribution is -0.137. The standard InChI is InChI=1S/C23H23F3N4O/c24-23(25,26)20-7-1-6-19(14-20)21(29-12-8-17-4-2-10-27-15-17)22(31)30-13-9-18-5-3-11-28-16-18/h1-7,10-11,14-16,21,29H,8-9,12-13H2,(H,30,31). The van der Waals surface area contributed by atoms with E-state index in [1.165, 1.54) is 12.1 Å². The van der Waals surface area contributed by atoms with Gasteiger partial charge < -0.3 is 10.6 Å². The molecule has 0 radical (unpaired) electrons. The predicted octanol–water partition coefficient (Wildman–Crippen LogP) is 3.73. The molecule has 31 heavy (non-hydrogen) atoms. The molecule has 2 aromatic heterocycles. The number of aromatic nitrogens is 2. The number of hydrogen-bond acceptors (Lipinski definition) is 4. The number of carbonyl (C=O) groups excluding carboxylic acids is 1. The third-order valence-corrected chi connectivity index (χ3v) is 4.73. The van der Waals surface area contributed by atoms with E-state index in [9.17, 15) is 18.0 Å². The smallest absolute Gasteiger partial charge is 0.354 e. The molecule has 0 aliphatic rings. The number of carbonyl (C=O) groups is 1. The quantitative estimate of drug-likeness (QED) is 0.545. The molecule has 0 aliphatic carbocycles. The fourth-order valence-corrected chi connectivity index (χ4v) is 3.14. The van der Waals surface area contributed by atoms with Crippen molar-refractivity contribution in [2.75, 3.05) is 13.1 Å². The lowest BCUT2D eigenvalue weighted by atomic mass is 10.0. The van der Waals surface area contributed by atoms with E-state index in [0.717, 1.165) is 23.3 Å². The van der Waals surface area contributed by atoms with Crippen LogP contribution in [0.1, 0.15) is 28.3 Å². The summed E-state index contributed by atoms with van der Waals surface area (Å²) in [6.07, 6.45) is 3.44. The largest absolute Gasteiger partial charge is 0.416 e. The minimum atomic E-state index is -4.48. The van der Waals surface area contributed by atoms with Gasteiger partial charge in [-0.15, -0.1) is 0 Å². The Morgan fingerprint density at radius 1 is 0.903 bits per heavy atom. The van der Waals surface area contributed by atoms with Gasteiger partial charge in [0, 0.05) is 37.9 Å². The van der Waals surface area contributed by atoms with Crippen LogP contribution in [0.2, 0.25) is 0 Å². The lowest BCUT2D eigenvalue weighted by Gasteiger charge is -2.20. The van der Waals surface area contributed by atoms with Crippen LogP contribution >= 0.6 is 0 Å². The molecule has 3 aromatic rings. The molecule has 2 N–H and O–H groups in total. The maximum atomic E-state index is 13.2. The van der Waals surface area contributed by atoms with Gasteiger partial charge in [-0.2, -0.15) is 13.2 Å². The molecule has 0 saturated heterocycles. The van der Waals surface area contributed by atoms with Gasteiger partial charge in [-0.1, -0.05) is 24.3 Å². The van der Waals surface area contributed by atoms with Gasteiger partial charge >= 0.3 is 6.18 Å². The number of nitrogens with zero attached hydrogens (tertiary/aromatic N) is 2. The molecule has 1 atom stereocenters. The number of nitrogens with one attached hydrogen (secondary N) is 2. The molecule has 0 aliphatic heterocycles. The summed E-state index contributed by atoms with van der Waals surface area (Å²) in [5.41, 5.74) is 1.41. The molecule has 0 saturated carbocycles. The Bertz CT molecular complexity index is 965. The summed E-state index contributed by atoms with van der Waals surface area (Å²) in [6.45, 7) is 0.757. The number of benzene rings is 1. The summed E-state index contributed by atoms with van der Waals surface area (Å²) in [6, 6.07) is 11.4. The Labute approximate surface area is 178 Å². The molecule has 1 unspecified atom stereocenters. The molecular formula is C23H23F3N4O. The molecule has 8 heteroatoms. The van der Waals surface area contributed by atoms with Gasteiger partial charge in [0.1, 0.15) is 6.04 Å². The third kappa shape index (κ3) is 6.89. The van der Waals surface area contributed by atoms with Crippen LogP contribution in [-0.4, -0.2) is 29.0 Å². The van der Waals surface area contributed by atoms with E-state index in [2.05, 4.69) is 20.6 Å². The van der Waals surface area contributed by atoms with Crippen molar-refractivity contribution in [2.45, 2.75) is 25.1 Å². The summed E-state index contributed by atoms with van der Waals surface area (Å²) < 4.78 is 39.5. The van der Waals surface area contributed by atoms with Crippen molar-refractivity contribution in [2.24, 2.45) is 0 Å². The summed E-state index contributed by atoms with van der Waals surface area (Å²) in [5, 5.41) is 5.91. The molecule has 162 valence electrons. The maximum Gasteiger partial charge on any atom is 0.416 e. The average Bonchev–Trinajstić information content (AvgIpc) is 2.77. The number of pyridine rings is 2. The van der Waals surface area contributed by atoms with Crippen molar-refractivity contribution in [3.63, 3.8) is 0 Å². The Kier molecular flexibility index (Phi) is 7.72. The summed E-state index contributed by atoms with van der Waals surface area (Å²) in [4.78, 5) is 20.9. The Morgan fingerprint density at radius 3 is 2.13 bits per heavy atom. The van der Waals surface area contributed by atoms with Gasteiger partial charge in [0.05, 0.1) is 5.56 Å². The second-order valence-corrected chi connectivity index (χ2v) is 7.02. The van der Waals surface area contributed by atoms with E-state index in [4.69, 9.17) is 0 Å². The number of hydrogen-bond donors (Lipinski definition) is 2. The molecule has 3 rings (SSSR count). The highest BCUT2D eigenvalue weighted by Crippen LogP contribution is 2.30. The molecule has 1 amide bonds. The van der Waals surface area contributed by atoms with E-state index in [1.54, 1.807) is 24.8 Å². The fraction of sp³-hybridized carbons (Fsp3) is 0.261. The Morgan fingerprint density at radius 2 is 1.55 bits per heavy atom. The monoisotopic (exact) mass is 428 g/mol. The molecule has 2 heterocycles. The first-order chi connectivity index (χ1) is 14.9. The van der Waals surface area contributed by atoms with Gasteiger partial charge in [0.25, 0.3) is 0 Å². The number of alkyl halides is 3. The maximum absolute atomic E-state index is 13.2. The van der Waals surface area contributed by atoms with Gasteiger partial charge in [-0.25, -0.2) is 0 Å². The Balaban J connectivity index is 1.69. The van der Waals surface area contributed by atoms with Crippen molar-refractivity contribution >= 4 is 5.91 Å². The topological polar surface area (TPSA) is 66.9 Å². The first-order valence-electron chi connectivity index (χ1n) is 9.89. The first kappa shape index (κ1) is 22.4. The minimum Gasteiger partial charge on any atom is -0.354 e. The van der Waals surface area contributed by atoms with Crippen LogP contribution in [0, 0.1) is 0 Å². The van der Waals surface area contributed by atoms with Crippen LogP contribution in [0.4, 0.5) is 13.2 Å². The molecule has 0 spiro atoms. The van der Waals surface area contributed by atoms with E-state index >= 15 is 0 Å². The number of halogens is 3. The van der Waals surface area contributed by atoms with Crippen molar-refractivity contribution in [3.8, 4) is 0 Å². The van der Waals surface area contributed by atoms with Crippen molar-refractivity contribution in [3.05, 3.63) is 95.6 Å². The molecule has 5 nitrogen and oxygen atoms in total. The average molecular weight is 428 g/mol. The summed E-state index contributed by atoms with van der Waals surface area (Å²) >= 11 is 0. The molecular weight excluding hydrogens is 405 g/mol. The van der Waals surface area contributed by atoms with E-state index in [0.29, 0.717) is 25.9 Å². The van der Waals surface area contributed by atoms with Crippen LogP contribution in [0.25, 0.3) is 0 Å². The highest BCUT2D eigenvalue weighted by Gasteiger charge is 2.31. The van der Waals surface area contributed by atoms with Crippen LogP contribution in [0.5, 0.6) is 0 Å². The van der Waals surface area contributed by atoms with Crippen LogP contribution in [-0.2, 0) is 23.8 Å². The summed E-state index contributed by atoms with van der Waals surface area (Å²) in [7, 11) is 0. The van der Waals surface area contributed by atoms with E-state index in [1.807, 2.05) is 24.3 Å².